The molecule has 2 N–H and O–H groups in total. The van der Waals surface area contributed by atoms with Gasteiger partial charge >= 0.3 is 0 Å². The SMILES string of the molecule is CN(CCc1ccc(Br)cc1)c1cc(Cl)nc(N)n1. The third-order valence-electron chi connectivity index (χ3n) is 2.74. The van der Waals surface area contributed by atoms with Gasteiger partial charge in [-0.2, -0.15) is 4.98 Å². The standard InChI is InChI=1S/C13H14BrClN4/c1-19(12-8-11(15)17-13(16)18-12)7-6-9-2-4-10(14)5-3-9/h2-5,8H,6-7H2,1H3,(H2,16,17,18). The summed E-state index contributed by atoms with van der Waals surface area (Å²) in [5.74, 6) is 0.924. The first-order valence-electron chi connectivity index (χ1n) is 5.80. The molecule has 1 aromatic heterocycles. The zero-order valence-electron chi connectivity index (χ0n) is 10.5. The largest absolute Gasteiger partial charge is 0.368 e. The Balaban J connectivity index is 2.00. The zero-order valence-corrected chi connectivity index (χ0v) is 12.8. The molecule has 0 radical (unpaired) electrons. The Morgan fingerprint density at radius 3 is 2.58 bits per heavy atom. The van der Waals surface area contributed by atoms with Crippen LogP contribution >= 0.6 is 27.5 Å². The quantitative estimate of drug-likeness (QED) is 0.868. The molecule has 2 aromatic rings. The highest BCUT2D eigenvalue weighted by atomic mass is 79.9. The molecule has 1 aromatic carbocycles. The van der Waals surface area contributed by atoms with Crippen LogP contribution in [0.15, 0.2) is 34.8 Å². The molecule has 2 rings (SSSR count). The van der Waals surface area contributed by atoms with Crippen LogP contribution in [-0.2, 0) is 6.42 Å². The number of anilines is 2. The number of nitrogens with two attached hydrogens (primary N) is 1. The summed E-state index contributed by atoms with van der Waals surface area (Å²) in [6.45, 7) is 0.828. The van der Waals surface area contributed by atoms with E-state index in [4.69, 9.17) is 17.3 Å². The highest BCUT2D eigenvalue weighted by molar-refractivity contribution is 9.10. The van der Waals surface area contributed by atoms with Gasteiger partial charge in [0, 0.05) is 24.1 Å². The Labute approximate surface area is 125 Å². The number of hydrogen-bond acceptors (Lipinski definition) is 4. The minimum atomic E-state index is 0.193. The second-order valence-electron chi connectivity index (χ2n) is 4.21. The van der Waals surface area contributed by atoms with Crippen LogP contribution < -0.4 is 10.6 Å². The third-order valence-corrected chi connectivity index (χ3v) is 3.46. The van der Waals surface area contributed by atoms with E-state index in [0.29, 0.717) is 5.15 Å². The van der Waals surface area contributed by atoms with E-state index >= 15 is 0 Å². The van der Waals surface area contributed by atoms with Crippen molar-refractivity contribution in [2.75, 3.05) is 24.2 Å². The van der Waals surface area contributed by atoms with Gasteiger partial charge in [0.05, 0.1) is 0 Å². The molecule has 6 heteroatoms. The van der Waals surface area contributed by atoms with E-state index < -0.39 is 0 Å². The second kappa shape index (κ2) is 6.21. The summed E-state index contributed by atoms with van der Waals surface area (Å²) < 4.78 is 1.08. The Hall–Kier alpha value is -1.33. The molecule has 0 atom stereocenters. The van der Waals surface area contributed by atoms with E-state index in [1.165, 1.54) is 5.56 Å². The maximum absolute atomic E-state index is 5.87. The molecule has 19 heavy (non-hydrogen) atoms. The van der Waals surface area contributed by atoms with Crippen molar-refractivity contribution in [3.05, 3.63) is 45.5 Å². The van der Waals surface area contributed by atoms with Gasteiger partial charge in [-0.25, -0.2) is 4.98 Å². The van der Waals surface area contributed by atoms with E-state index in [9.17, 15) is 0 Å². The fourth-order valence-electron chi connectivity index (χ4n) is 1.68. The van der Waals surface area contributed by atoms with Crippen LogP contribution in [0.2, 0.25) is 5.15 Å². The number of nitrogen functional groups attached to an aromatic ring is 1. The van der Waals surface area contributed by atoms with E-state index in [0.717, 1.165) is 23.3 Å². The fourth-order valence-corrected chi connectivity index (χ4v) is 2.13. The minimum Gasteiger partial charge on any atom is -0.368 e. The Kier molecular flexibility index (Phi) is 4.61. The molecule has 4 nitrogen and oxygen atoms in total. The first kappa shape index (κ1) is 14.1. The number of benzene rings is 1. The molecule has 0 spiro atoms. The van der Waals surface area contributed by atoms with Crippen molar-refractivity contribution in [1.82, 2.24) is 9.97 Å². The average molecular weight is 342 g/mol. The van der Waals surface area contributed by atoms with Crippen LogP contribution in [0.3, 0.4) is 0 Å². The molecule has 0 unspecified atom stereocenters. The van der Waals surface area contributed by atoms with Gasteiger partial charge in [-0.05, 0) is 24.1 Å². The van der Waals surface area contributed by atoms with E-state index in [2.05, 4.69) is 38.0 Å². The maximum Gasteiger partial charge on any atom is 0.223 e. The van der Waals surface area contributed by atoms with Crippen molar-refractivity contribution in [3.8, 4) is 0 Å². The van der Waals surface area contributed by atoms with Crippen molar-refractivity contribution in [1.29, 1.82) is 0 Å². The van der Waals surface area contributed by atoms with Crippen LogP contribution in [0, 0.1) is 0 Å². The van der Waals surface area contributed by atoms with Gasteiger partial charge in [0.15, 0.2) is 0 Å². The normalized spacial score (nSPS) is 10.5. The van der Waals surface area contributed by atoms with Crippen LogP contribution in [0.25, 0.3) is 0 Å². The summed E-state index contributed by atoms with van der Waals surface area (Å²) in [5, 5.41) is 0.359. The fraction of sp³-hybridized carbons (Fsp3) is 0.231. The first-order valence-corrected chi connectivity index (χ1v) is 6.97. The predicted molar refractivity (Wildman–Crippen MR) is 82.6 cm³/mol. The highest BCUT2D eigenvalue weighted by Gasteiger charge is 2.06. The smallest absolute Gasteiger partial charge is 0.223 e. The molecule has 0 saturated heterocycles. The van der Waals surface area contributed by atoms with Crippen molar-refractivity contribution in [2.24, 2.45) is 0 Å². The molecule has 100 valence electrons. The summed E-state index contributed by atoms with van der Waals surface area (Å²) in [7, 11) is 1.96. The van der Waals surface area contributed by atoms with Crippen molar-refractivity contribution < 1.29 is 0 Å². The summed E-state index contributed by atoms with van der Waals surface area (Å²) in [4.78, 5) is 10.0. The van der Waals surface area contributed by atoms with Gasteiger partial charge in [-0.1, -0.05) is 39.7 Å². The monoisotopic (exact) mass is 340 g/mol. The Morgan fingerprint density at radius 2 is 1.95 bits per heavy atom. The topological polar surface area (TPSA) is 55.0 Å². The lowest BCUT2D eigenvalue weighted by Gasteiger charge is -2.18. The number of likely N-dealkylation sites (N-methyl/N-ethyl adjacent to an activating group) is 1. The number of halogens is 2. The molecule has 0 aliphatic heterocycles. The molecular weight excluding hydrogens is 328 g/mol. The van der Waals surface area contributed by atoms with Gasteiger partial charge in [-0.15, -0.1) is 0 Å². The average Bonchev–Trinajstić information content (AvgIpc) is 2.36. The molecule has 0 bridgehead atoms. The molecule has 0 fully saturated rings. The zero-order chi connectivity index (χ0) is 13.8. The Morgan fingerprint density at radius 1 is 1.26 bits per heavy atom. The van der Waals surface area contributed by atoms with E-state index in [-0.39, 0.29) is 5.95 Å². The summed E-state index contributed by atoms with van der Waals surface area (Å²) in [6.07, 6.45) is 0.922. The maximum atomic E-state index is 5.87. The molecule has 0 aliphatic carbocycles. The summed E-state index contributed by atoms with van der Waals surface area (Å²) in [6, 6.07) is 9.97. The second-order valence-corrected chi connectivity index (χ2v) is 5.51. The predicted octanol–water partition coefficient (Wildman–Crippen LogP) is 3.15. The van der Waals surface area contributed by atoms with Crippen LogP contribution in [-0.4, -0.2) is 23.6 Å². The summed E-state index contributed by atoms with van der Waals surface area (Å²) in [5.41, 5.74) is 6.85. The number of aromatic nitrogens is 2. The number of nitrogens with zero attached hydrogens (tertiary/aromatic N) is 3. The molecular formula is C13H14BrClN4. The van der Waals surface area contributed by atoms with Crippen molar-refractivity contribution in [2.45, 2.75) is 6.42 Å². The van der Waals surface area contributed by atoms with Gasteiger partial charge in [-0.3, -0.25) is 0 Å². The Bertz CT molecular complexity index is 539. The lowest BCUT2D eigenvalue weighted by molar-refractivity contribution is 0.857. The van der Waals surface area contributed by atoms with Gasteiger partial charge in [0.2, 0.25) is 5.95 Å². The van der Waals surface area contributed by atoms with E-state index in [1.807, 2.05) is 24.1 Å². The van der Waals surface area contributed by atoms with E-state index in [1.54, 1.807) is 6.07 Å². The lowest BCUT2D eigenvalue weighted by Crippen LogP contribution is -2.22. The number of hydrogen-bond donors (Lipinski definition) is 1. The number of rotatable bonds is 4. The van der Waals surface area contributed by atoms with Crippen LogP contribution in [0.5, 0.6) is 0 Å². The van der Waals surface area contributed by atoms with Crippen molar-refractivity contribution >= 4 is 39.3 Å². The molecule has 0 saturated carbocycles. The molecule has 0 aliphatic rings. The summed E-state index contributed by atoms with van der Waals surface area (Å²) >= 11 is 9.29. The highest BCUT2D eigenvalue weighted by Crippen LogP contribution is 2.17. The third kappa shape index (κ3) is 4.08. The van der Waals surface area contributed by atoms with Gasteiger partial charge in [0.25, 0.3) is 0 Å². The first-order chi connectivity index (χ1) is 9.04. The van der Waals surface area contributed by atoms with Crippen LogP contribution in [0.4, 0.5) is 11.8 Å². The van der Waals surface area contributed by atoms with Gasteiger partial charge in [0.1, 0.15) is 11.0 Å². The molecule has 1 heterocycles. The van der Waals surface area contributed by atoms with Crippen LogP contribution in [0.1, 0.15) is 5.56 Å². The van der Waals surface area contributed by atoms with Crippen molar-refractivity contribution in [3.63, 3.8) is 0 Å². The molecule has 0 amide bonds. The minimum absolute atomic E-state index is 0.193. The lowest BCUT2D eigenvalue weighted by atomic mass is 10.1. The van der Waals surface area contributed by atoms with Gasteiger partial charge < -0.3 is 10.6 Å².